The SMILES string of the molecule is O=C(CCSSc1ccccn1)NCCCCCC(=O)OC1C(=O)CCC1=O.O=C(CCSSc1ccccn1)ON1C(=O)CCC1=O. The first-order valence-corrected chi connectivity index (χ1v) is 19.9. The van der Waals surface area contributed by atoms with Gasteiger partial charge in [0.1, 0.15) is 10.1 Å². The van der Waals surface area contributed by atoms with Crippen LogP contribution in [0.15, 0.2) is 58.8 Å². The van der Waals surface area contributed by atoms with Crippen molar-refractivity contribution in [2.24, 2.45) is 0 Å². The predicted molar refractivity (Wildman–Crippen MR) is 182 cm³/mol. The number of nitrogens with one attached hydrogen (secondary N) is 1. The first kappa shape index (κ1) is 39.0. The summed E-state index contributed by atoms with van der Waals surface area (Å²) in [5.74, 6) is -1.41. The van der Waals surface area contributed by atoms with Crippen LogP contribution < -0.4 is 5.32 Å². The molecule has 0 spiro atoms. The number of unbranched alkanes of at least 4 members (excludes halogenated alkanes) is 2. The van der Waals surface area contributed by atoms with Gasteiger partial charge in [0.2, 0.25) is 12.0 Å². The summed E-state index contributed by atoms with van der Waals surface area (Å²) in [6.45, 7) is 0.561. The molecule has 0 radical (unpaired) electrons. The van der Waals surface area contributed by atoms with Crippen LogP contribution >= 0.6 is 43.2 Å². The van der Waals surface area contributed by atoms with Gasteiger partial charge < -0.3 is 14.9 Å². The minimum Gasteiger partial charge on any atom is -0.446 e. The van der Waals surface area contributed by atoms with E-state index in [1.807, 2.05) is 36.4 Å². The number of hydrogen-bond donors (Lipinski definition) is 1. The summed E-state index contributed by atoms with van der Waals surface area (Å²) in [7, 11) is 6.06. The highest BCUT2D eigenvalue weighted by Gasteiger charge is 2.36. The van der Waals surface area contributed by atoms with Crippen molar-refractivity contribution >= 4 is 84.4 Å². The first-order valence-electron chi connectivity index (χ1n) is 15.2. The quantitative estimate of drug-likeness (QED) is 0.0740. The lowest BCUT2D eigenvalue weighted by atomic mass is 10.2. The summed E-state index contributed by atoms with van der Waals surface area (Å²) >= 11 is 0. The number of ketones is 2. The van der Waals surface area contributed by atoms with Gasteiger partial charge in [0.05, 0.1) is 6.42 Å². The van der Waals surface area contributed by atoms with Crippen LogP contribution in [-0.2, 0) is 43.1 Å². The van der Waals surface area contributed by atoms with Crippen LogP contribution in [0, 0.1) is 0 Å². The normalized spacial score (nSPS) is 14.5. The van der Waals surface area contributed by atoms with Crippen molar-refractivity contribution < 1.29 is 43.1 Å². The topological polar surface area (TPSA) is 179 Å². The van der Waals surface area contributed by atoms with Gasteiger partial charge in [-0.25, -0.2) is 14.8 Å². The lowest BCUT2D eigenvalue weighted by molar-refractivity contribution is -0.197. The zero-order valence-electron chi connectivity index (χ0n) is 26.0. The number of ether oxygens (including phenoxy) is 1. The number of pyridine rings is 2. The van der Waals surface area contributed by atoms with Gasteiger partial charge in [0, 0.05) is 69.0 Å². The molecule has 13 nitrogen and oxygen atoms in total. The summed E-state index contributed by atoms with van der Waals surface area (Å²) in [4.78, 5) is 93.3. The highest BCUT2D eigenvalue weighted by molar-refractivity contribution is 8.77. The van der Waals surface area contributed by atoms with Gasteiger partial charge in [-0.1, -0.05) is 40.1 Å². The van der Waals surface area contributed by atoms with Crippen molar-refractivity contribution in [2.75, 3.05) is 18.1 Å². The Balaban J connectivity index is 0.000000275. The molecule has 48 heavy (non-hydrogen) atoms. The molecule has 0 bridgehead atoms. The first-order chi connectivity index (χ1) is 23.2. The van der Waals surface area contributed by atoms with Crippen molar-refractivity contribution in [1.82, 2.24) is 20.3 Å². The second kappa shape index (κ2) is 22.3. The molecule has 1 N–H and O–H groups in total. The zero-order valence-corrected chi connectivity index (χ0v) is 29.3. The van der Waals surface area contributed by atoms with Crippen LogP contribution in [0.1, 0.15) is 64.2 Å². The van der Waals surface area contributed by atoms with Crippen molar-refractivity contribution in [3.05, 3.63) is 48.8 Å². The predicted octanol–water partition coefficient (Wildman–Crippen LogP) is 4.55. The molecule has 0 atom stereocenters. The number of esters is 1. The number of Topliss-reactive ketones (excluding diaryl/α,β-unsaturated/α-hetero) is 2. The van der Waals surface area contributed by atoms with E-state index in [1.165, 1.54) is 21.6 Å². The van der Waals surface area contributed by atoms with Crippen molar-refractivity contribution in [3.63, 3.8) is 0 Å². The zero-order chi connectivity index (χ0) is 34.6. The number of carbonyl (C=O) groups excluding carboxylic acids is 7. The lowest BCUT2D eigenvalue weighted by Crippen LogP contribution is -2.32. The maximum atomic E-state index is 11.8. The van der Waals surface area contributed by atoms with E-state index in [4.69, 9.17) is 9.57 Å². The molecule has 3 amide bonds. The monoisotopic (exact) mass is 736 g/mol. The molecule has 17 heteroatoms. The lowest BCUT2D eigenvalue weighted by Gasteiger charge is -2.12. The number of aromatic nitrogens is 2. The van der Waals surface area contributed by atoms with E-state index < -0.39 is 29.9 Å². The molecule has 2 aliphatic rings. The smallest absolute Gasteiger partial charge is 0.334 e. The molecule has 1 saturated carbocycles. The Hall–Kier alpha value is -3.41. The van der Waals surface area contributed by atoms with Crippen molar-refractivity contribution in [3.8, 4) is 0 Å². The number of carbonyl (C=O) groups is 7. The summed E-state index contributed by atoms with van der Waals surface area (Å²) < 4.78 is 4.95. The minimum absolute atomic E-state index is 0.00629. The molecule has 2 fully saturated rings. The molecule has 0 aromatic carbocycles. The van der Waals surface area contributed by atoms with Crippen LogP contribution in [0.3, 0.4) is 0 Å². The number of amides is 3. The standard InChI is InChI=1S/C19H24N2O5S2.C12H12N2O4S2/c22-14-8-9-15(23)19(14)26-18(25)7-2-1-4-11-20-16(24)10-13-27-28-17-6-3-5-12-21-17;15-10-4-5-11(16)14(10)18-12(17)6-8-19-20-9-3-1-2-7-13-9/h3,5-6,12,19H,1-2,4,7-11,13H2,(H,20,24);1-3,7H,4-6,8H2. The number of hydrogen-bond acceptors (Lipinski definition) is 15. The van der Waals surface area contributed by atoms with Gasteiger partial charge in [-0.05, 0) is 58.7 Å². The summed E-state index contributed by atoms with van der Waals surface area (Å²) in [5.41, 5.74) is 0. The Labute approximate surface area is 293 Å². The third kappa shape index (κ3) is 15.2. The van der Waals surface area contributed by atoms with Gasteiger partial charge in [-0.2, -0.15) is 0 Å². The largest absolute Gasteiger partial charge is 0.446 e. The van der Waals surface area contributed by atoms with Gasteiger partial charge in [-0.3, -0.25) is 28.8 Å². The molecule has 1 aliphatic carbocycles. The van der Waals surface area contributed by atoms with E-state index in [2.05, 4.69) is 15.3 Å². The van der Waals surface area contributed by atoms with Crippen LogP contribution in [0.2, 0.25) is 0 Å². The fourth-order valence-electron chi connectivity index (χ4n) is 3.96. The number of hydroxylamine groups is 2. The van der Waals surface area contributed by atoms with E-state index in [-0.39, 0.29) is 56.0 Å². The van der Waals surface area contributed by atoms with Crippen molar-refractivity contribution in [2.45, 2.75) is 80.4 Å². The second-order valence-electron chi connectivity index (χ2n) is 10.2. The minimum atomic E-state index is -1.18. The molecule has 2 aromatic rings. The second-order valence-corrected chi connectivity index (χ2v) is 15.0. The molecule has 1 saturated heterocycles. The number of imide groups is 1. The van der Waals surface area contributed by atoms with Crippen LogP contribution in [0.25, 0.3) is 0 Å². The molecule has 2 aromatic heterocycles. The van der Waals surface area contributed by atoms with Crippen LogP contribution in [0.5, 0.6) is 0 Å². The molecule has 0 unspecified atom stereocenters. The highest BCUT2D eigenvalue weighted by atomic mass is 33.1. The van der Waals surface area contributed by atoms with Gasteiger partial charge in [0.25, 0.3) is 11.8 Å². The Morgan fingerprint density at radius 3 is 1.88 bits per heavy atom. The van der Waals surface area contributed by atoms with Crippen LogP contribution in [-0.4, -0.2) is 80.4 Å². The fourth-order valence-corrected chi connectivity index (χ4v) is 7.68. The van der Waals surface area contributed by atoms with E-state index >= 15 is 0 Å². The summed E-state index contributed by atoms with van der Waals surface area (Å²) in [5, 5.41) is 5.21. The Morgan fingerprint density at radius 2 is 1.31 bits per heavy atom. The van der Waals surface area contributed by atoms with E-state index in [0.29, 0.717) is 36.0 Å². The molecule has 4 rings (SSSR count). The maximum absolute atomic E-state index is 11.8. The third-order valence-electron chi connectivity index (χ3n) is 6.40. The highest BCUT2D eigenvalue weighted by Crippen LogP contribution is 2.30. The Morgan fingerprint density at radius 1 is 0.729 bits per heavy atom. The van der Waals surface area contributed by atoms with E-state index in [9.17, 15) is 33.6 Å². The fraction of sp³-hybridized carbons (Fsp3) is 0.452. The Bertz CT molecular complexity index is 1370. The molecule has 1 aliphatic heterocycles. The van der Waals surface area contributed by atoms with E-state index in [0.717, 1.165) is 22.9 Å². The maximum Gasteiger partial charge on any atom is 0.334 e. The van der Waals surface area contributed by atoms with Gasteiger partial charge in [0.15, 0.2) is 11.6 Å². The van der Waals surface area contributed by atoms with Gasteiger partial charge in [-0.15, -0.1) is 5.06 Å². The molecule has 258 valence electrons. The molecular formula is C31H36N4O9S4. The summed E-state index contributed by atoms with van der Waals surface area (Å²) in [6.07, 6.45) is 5.66. The van der Waals surface area contributed by atoms with Gasteiger partial charge >= 0.3 is 11.9 Å². The number of rotatable bonds is 18. The number of nitrogens with zero attached hydrogens (tertiary/aromatic N) is 3. The average Bonchev–Trinajstić information content (AvgIpc) is 3.58. The average molecular weight is 737 g/mol. The van der Waals surface area contributed by atoms with E-state index in [1.54, 1.807) is 34.0 Å². The summed E-state index contributed by atoms with van der Waals surface area (Å²) in [6, 6.07) is 11.3. The van der Waals surface area contributed by atoms with Crippen LogP contribution in [0.4, 0.5) is 0 Å². The molecule has 3 heterocycles. The van der Waals surface area contributed by atoms with Crippen molar-refractivity contribution in [1.29, 1.82) is 0 Å². The Kier molecular flexibility index (Phi) is 18.1. The third-order valence-corrected chi connectivity index (χ3v) is 10.9. The molecular weight excluding hydrogens is 701 g/mol.